The standard InChI is InChI=1S/C11H17NO2S/c1-14-10-6-2-3-7-11(10)15(13)9-5-4-8-12/h2-3,6-7H,4-5,8-9,12H2,1H3. The van der Waals surface area contributed by atoms with Crippen molar-refractivity contribution in [2.45, 2.75) is 17.7 Å². The lowest BCUT2D eigenvalue weighted by Crippen LogP contribution is -2.04. The Morgan fingerprint density at radius 1 is 1.33 bits per heavy atom. The molecule has 15 heavy (non-hydrogen) atoms. The zero-order chi connectivity index (χ0) is 11.1. The molecule has 1 rings (SSSR count). The van der Waals surface area contributed by atoms with Crippen LogP contribution in [0.25, 0.3) is 0 Å². The molecule has 0 fully saturated rings. The summed E-state index contributed by atoms with van der Waals surface area (Å²) in [5.74, 6) is 1.35. The van der Waals surface area contributed by atoms with Gasteiger partial charge in [-0.3, -0.25) is 4.21 Å². The van der Waals surface area contributed by atoms with Gasteiger partial charge < -0.3 is 10.5 Å². The molecule has 0 saturated carbocycles. The fraction of sp³-hybridized carbons (Fsp3) is 0.455. The van der Waals surface area contributed by atoms with Crippen LogP contribution in [0.2, 0.25) is 0 Å². The summed E-state index contributed by atoms with van der Waals surface area (Å²) in [7, 11) is 0.616. The zero-order valence-corrected chi connectivity index (χ0v) is 9.76. The van der Waals surface area contributed by atoms with Crippen LogP contribution in [0.15, 0.2) is 29.2 Å². The minimum absolute atomic E-state index is 0.650. The van der Waals surface area contributed by atoms with Crippen molar-refractivity contribution in [1.82, 2.24) is 0 Å². The third-order valence-electron chi connectivity index (χ3n) is 2.10. The normalized spacial score (nSPS) is 12.4. The molecule has 4 heteroatoms. The van der Waals surface area contributed by atoms with E-state index in [2.05, 4.69) is 0 Å². The van der Waals surface area contributed by atoms with Crippen molar-refractivity contribution in [1.29, 1.82) is 0 Å². The minimum atomic E-state index is -0.977. The van der Waals surface area contributed by atoms with Crippen molar-refractivity contribution in [3.05, 3.63) is 24.3 Å². The van der Waals surface area contributed by atoms with Gasteiger partial charge in [-0.1, -0.05) is 12.1 Å². The predicted molar refractivity (Wildman–Crippen MR) is 62.6 cm³/mol. The monoisotopic (exact) mass is 227 g/mol. The summed E-state index contributed by atoms with van der Waals surface area (Å²) in [6.45, 7) is 0.656. The molecule has 1 aromatic rings. The molecule has 0 aliphatic rings. The van der Waals surface area contributed by atoms with Gasteiger partial charge in [-0.2, -0.15) is 0 Å². The Bertz CT molecular complexity index is 328. The molecule has 0 bridgehead atoms. The molecule has 1 atom stereocenters. The van der Waals surface area contributed by atoms with Crippen molar-refractivity contribution in [2.75, 3.05) is 19.4 Å². The topological polar surface area (TPSA) is 52.3 Å². The molecule has 0 aromatic heterocycles. The average Bonchev–Trinajstić information content (AvgIpc) is 2.29. The molecular formula is C11H17NO2S. The van der Waals surface area contributed by atoms with E-state index in [9.17, 15) is 4.21 Å². The Labute approximate surface area is 93.1 Å². The minimum Gasteiger partial charge on any atom is -0.495 e. The van der Waals surface area contributed by atoms with Crippen molar-refractivity contribution >= 4 is 10.8 Å². The molecule has 2 N–H and O–H groups in total. The van der Waals surface area contributed by atoms with E-state index in [0.717, 1.165) is 17.7 Å². The Hall–Kier alpha value is -0.870. The second-order valence-electron chi connectivity index (χ2n) is 3.20. The van der Waals surface area contributed by atoms with Gasteiger partial charge in [0.25, 0.3) is 0 Å². The largest absolute Gasteiger partial charge is 0.495 e. The number of ether oxygens (including phenoxy) is 1. The van der Waals surface area contributed by atoms with Crippen LogP contribution in [0.1, 0.15) is 12.8 Å². The number of para-hydroxylation sites is 1. The van der Waals surface area contributed by atoms with Gasteiger partial charge in [-0.05, 0) is 31.5 Å². The lowest BCUT2D eigenvalue weighted by atomic mass is 10.3. The van der Waals surface area contributed by atoms with E-state index in [0.29, 0.717) is 18.0 Å². The SMILES string of the molecule is COc1ccccc1S(=O)CCCCN. The van der Waals surface area contributed by atoms with Crippen LogP contribution in [0, 0.1) is 0 Å². The van der Waals surface area contributed by atoms with Crippen molar-refractivity contribution in [3.63, 3.8) is 0 Å². The third-order valence-corrected chi connectivity index (χ3v) is 3.59. The fourth-order valence-corrected chi connectivity index (χ4v) is 2.59. The summed E-state index contributed by atoms with van der Waals surface area (Å²) in [4.78, 5) is 0.775. The summed E-state index contributed by atoms with van der Waals surface area (Å²) in [5.41, 5.74) is 5.39. The fourth-order valence-electron chi connectivity index (χ4n) is 1.29. The summed E-state index contributed by atoms with van der Waals surface area (Å²) >= 11 is 0. The molecule has 0 spiro atoms. The molecule has 0 amide bonds. The number of hydrogen-bond donors (Lipinski definition) is 1. The first-order valence-electron chi connectivity index (χ1n) is 5.01. The quantitative estimate of drug-likeness (QED) is 0.750. The molecule has 1 aromatic carbocycles. The van der Waals surface area contributed by atoms with Gasteiger partial charge >= 0.3 is 0 Å². The van der Waals surface area contributed by atoms with Crippen LogP contribution in [-0.4, -0.2) is 23.6 Å². The van der Waals surface area contributed by atoms with Gasteiger partial charge in [-0.25, -0.2) is 0 Å². The van der Waals surface area contributed by atoms with Crippen LogP contribution in [0.3, 0.4) is 0 Å². The molecule has 0 aliphatic carbocycles. The Balaban J connectivity index is 2.64. The van der Waals surface area contributed by atoms with E-state index >= 15 is 0 Å². The molecule has 1 unspecified atom stereocenters. The summed E-state index contributed by atoms with van der Waals surface area (Å²) in [5, 5.41) is 0. The molecule has 3 nitrogen and oxygen atoms in total. The van der Waals surface area contributed by atoms with Crippen LogP contribution in [0.5, 0.6) is 5.75 Å². The number of nitrogens with two attached hydrogens (primary N) is 1. The van der Waals surface area contributed by atoms with Crippen molar-refractivity contribution in [2.24, 2.45) is 5.73 Å². The first-order chi connectivity index (χ1) is 7.29. The van der Waals surface area contributed by atoms with E-state index in [-0.39, 0.29) is 0 Å². The van der Waals surface area contributed by atoms with E-state index in [4.69, 9.17) is 10.5 Å². The van der Waals surface area contributed by atoms with Crippen LogP contribution < -0.4 is 10.5 Å². The first-order valence-corrected chi connectivity index (χ1v) is 6.33. The average molecular weight is 227 g/mol. The maximum atomic E-state index is 11.9. The van der Waals surface area contributed by atoms with Gasteiger partial charge in [-0.15, -0.1) is 0 Å². The zero-order valence-electron chi connectivity index (χ0n) is 8.94. The van der Waals surface area contributed by atoms with E-state index in [1.165, 1.54) is 0 Å². The highest BCUT2D eigenvalue weighted by atomic mass is 32.2. The Kier molecular flexibility index (Phi) is 5.36. The molecular weight excluding hydrogens is 210 g/mol. The third kappa shape index (κ3) is 3.64. The van der Waals surface area contributed by atoms with Crippen molar-refractivity contribution in [3.8, 4) is 5.75 Å². The van der Waals surface area contributed by atoms with Gasteiger partial charge in [0.2, 0.25) is 0 Å². The maximum Gasteiger partial charge on any atom is 0.134 e. The highest BCUT2D eigenvalue weighted by Crippen LogP contribution is 2.21. The Morgan fingerprint density at radius 2 is 2.07 bits per heavy atom. The summed E-state index contributed by atoms with van der Waals surface area (Å²) < 4.78 is 17.0. The van der Waals surface area contributed by atoms with Crippen LogP contribution >= 0.6 is 0 Å². The van der Waals surface area contributed by atoms with E-state index in [1.54, 1.807) is 7.11 Å². The van der Waals surface area contributed by atoms with E-state index in [1.807, 2.05) is 24.3 Å². The van der Waals surface area contributed by atoms with Gasteiger partial charge in [0.05, 0.1) is 22.8 Å². The number of unbranched alkanes of at least 4 members (excludes halogenated alkanes) is 1. The number of benzene rings is 1. The molecule has 0 saturated heterocycles. The molecule has 0 aliphatic heterocycles. The summed E-state index contributed by atoms with van der Waals surface area (Å²) in [6, 6.07) is 7.42. The number of hydrogen-bond acceptors (Lipinski definition) is 3. The maximum absolute atomic E-state index is 11.9. The molecule has 84 valence electrons. The van der Waals surface area contributed by atoms with E-state index < -0.39 is 10.8 Å². The second-order valence-corrected chi connectivity index (χ2v) is 4.74. The molecule has 0 heterocycles. The Morgan fingerprint density at radius 3 is 2.73 bits per heavy atom. The number of rotatable bonds is 6. The first kappa shape index (κ1) is 12.2. The van der Waals surface area contributed by atoms with Gasteiger partial charge in [0.1, 0.15) is 5.75 Å². The lowest BCUT2D eigenvalue weighted by Gasteiger charge is -2.07. The highest BCUT2D eigenvalue weighted by molar-refractivity contribution is 7.85. The second kappa shape index (κ2) is 6.58. The predicted octanol–water partition coefficient (Wildman–Crippen LogP) is 1.54. The highest BCUT2D eigenvalue weighted by Gasteiger charge is 2.08. The smallest absolute Gasteiger partial charge is 0.134 e. The molecule has 0 radical (unpaired) electrons. The van der Waals surface area contributed by atoms with Crippen LogP contribution in [-0.2, 0) is 10.8 Å². The number of methoxy groups -OCH3 is 1. The van der Waals surface area contributed by atoms with Gasteiger partial charge in [0, 0.05) is 5.75 Å². The lowest BCUT2D eigenvalue weighted by molar-refractivity contribution is 0.404. The summed E-state index contributed by atoms with van der Waals surface area (Å²) in [6.07, 6.45) is 1.81. The van der Waals surface area contributed by atoms with Crippen LogP contribution in [0.4, 0.5) is 0 Å². The van der Waals surface area contributed by atoms with Gasteiger partial charge in [0.15, 0.2) is 0 Å². The van der Waals surface area contributed by atoms with Crippen molar-refractivity contribution < 1.29 is 8.95 Å².